The summed E-state index contributed by atoms with van der Waals surface area (Å²) >= 11 is 0. The average Bonchev–Trinajstić information content (AvgIpc) is 3.33. The van der Waals surface area contributed by atoms with Crippen LogP contribution in [0.5, 0.6) is 46.0 Å². The van der Waals surface area contributed by atoms with Crippen LogP contribution < -0.4 is 0 Å². The fourth-order valence-electron chi connectivity index (χ4n) is 11.3. The predicted octanol–water partition coefficient (Wildman–Crippen LogP) is 14.9. The van der Waals surface area contributed by atoms with E-state index in [0.29, 0.717) is 94.4 Å². The number of aryl methyl sites for hydroxylation is 8. The summed E-state index contributed by atoms with van der Waals surface area (Å²) in [5.41, 5.74) is 17.7. The van der Waals surface area contributed by atoms with Crippen LogP contribution in [0.1, 0.15) is 161 Å². The van der Waals surface area contributed by atoms with Crippen molar-refractivity contribution in [2.75, 3.05) is 0 Å². The van der Waals surface area contributed by atoms with Gasteiger partial charge < -0.3 is 40.9 Å². The number of benzene rings is 8. The highest BCUT2D eigenvalue weighted by Crippen LogP contribution is 2.42. The Morgan fingerprint density at radius 1 is 0.195 bits per heavy atom. The van der Waals surface area contributed by atoms with Crippen molar-refractivity contribution in [1.29, 1.82) is 0 Å². The van der Waals surface area contributed by atoms with Crippen molar-refractivity contribution in [2.45, 2.75) is 134 Å². The van der Waals surface area contributed by atoms with Crippen LogP contribution in [0.4, 0.5) is 0 Å². The lowest BCUT2D eigenvalue weighted by atomic mass is 9.89. The molecule has 9 rings (SSSR count). The van der Waals surface area contributed by atoms with Gasteiger partial charge in [0, 0.05) is 51.4 Å². The van der Waals surface area contributed by atoms with Crippen LogP contribution in [-0.4, -0.2) is 40.9 Å². The maximum absolute atomic E-state index is 11.9. The molecule has 400 valence electrons. The van der Waals surface area contributed by atoms with Gasteiger partial charge in [-0.05, 0) is 150 Å². The van der Waals surface area contributed by atoms with Crippen molar-refractivity contribution in [3.8, 4) is 46.0 Å². The van der Waals surface area contributed by atoms with E-state index in [4.69, 9.17) is 0 Å². The first-order valence-electron chi connectivity index (χ1n) is 26.7. The van der Waals surface area contributed by atoms with Crippen molar-refractivity contribution in [1.82, 2.24) is 0 Å². The molecule has 1 aliphatic carbocycles. The summed E-state index contributed by atoms with van der Waals surface area (Å²) in [7, 11) is 0. The summed E-state index contributed by atoms with van der Waals surface area (Å²) in [4.78, 5) is 0. The zero-order chi connectivity index (χ0) is 55.9. The first kappa shape index (κ1) is 55.4. The van der Waals surface area contributed by atoms with Gasteiger partial charge in [-0.15, -0.1) is 0 Å². The van der Waals surface area contributed by atoms with E-state index in [0.717, 1.165) is 44.5 Å². The van der Waals surface area contributed by atoms with E-state index in [9.17, 15) is 40.9 Å². The summed E-state index contributed by atoms with van der Waals surface area (Å²) < 4.78 is 0. The van der Waals surface area contributed by atoms with E-state index in [2.05, 4.69) is 27.7 Å². The quantitative estimate of drug-likeness (QED) is 0.0745. The minimum Gasteiger partial charge on any atom is -0.507 e. The highest BCUT2D eigenvalue weighted by atomic mass is 16.3. The lowest BCUT2D eigenvalue weighted by molar-refractivity contribution is 0.451. The van der Waals surface area contributed by atoms with E-state index >= 15 is 0 Å². The third kappa shape index (κ3) is 12.9. The molecule has 0 fully saturated rings. The zero-order valence-electron chi connectivity index (χ0n) is 47.0. The van der Waals surface area contributed by atoms with Crippen molar-refractivity contribution in [3.05, 3.63) is 231 Å². The molecule has 8 heteroatoms. The van der Waals surface area contributed by atoms with E-state index in [1.54, 1.807) is 0 Å². The third-order valence-electron chi connectivity index (χ3n) is 14.3. The van der Waals surface area contributed by atoms with E-state index in [1.165, 1.54) is 0 Å². The van der Waals surface area contributed by atoms with Gasteiger partial charge in [-0.1, -0.05) is 169 Å². The Labute approximate surface area is 455 Å². The molecule has 0 saturated heterocycles. The minimum absolute atomic E-state index is 0.0728. The lowest BCUT2D eigenvalue weighted by Gasteiger charge is -2.19. The highest BCUT2D eigenvalue weighted by Gasteiger charge is 2.23. The van der Waals surface area contributed by atoms with Gasteiger partial charge in [0.05, 0.1) is 0 Å². The second-order valence-electron chi connectivity index (χ2n) is 23.9. The molecule has 16 bridgehead atoms. The number of aromatic hydroxyl groups is 8. The Kier molecular flexibility index (Phi) is 15.8. The zero-order valence-corrected chi connectivity index (χ0v) is 47.0. The highest BCUT2D eigenvalue weighted by molar-refractivity contribution is 5.60. The van der Waals surface area contributed by atoms with E-state index in [-0.39, 0.29) is 97.4 Å². The molecule has 77 heavy (non-hydrogen) atoms. The molecule has 8 N–H and O–H groups in total. The molecule has 0 atom stereocenters. The summed E-state index contributed by atoms with van der Waals surface area (Å²) in [5.74, 6) is 0.582. The summed E-state index contributed by atoms with van der Waals surface area (Å²) in [6, 6.07) is 30.6. The maximum atomic E-state index is 11.9. The fourth-order valence-corrected chi connectivity index (χ4v) is 11.3. The number of rotatable bonds is 0. The Balaban J connectivity index is 0.00000150. The Morgan fingerprint density at radius 3 is 0.325 bits per heavy atom. The van der Waals surface area contributed by atoms with Gasteiger partial charge >= 0.3 is 0 Å². The predicted molar refractivity (Wildman–Crippen MR) is 310 cm³/mol. The minimum atomic E-state index is 0.0728. The smallest absolute Gasteiger partial charge is 0.122 e. The largest absolute Gasteiger partial charge is 0.507 e. The number of phenolic OH excluding ortho intramolecular Hbond substituents is 8. The van der Waals surface area contributed by atoms with Crippen LogP contribution in [0.3, 0.4) is 0 Å². The van der Waals surface area contributed by atoms with Crippen LogP contribution in [0, 0.1) is 60.8 Å². The lowest BCUT2D eigenvalue weighted by Crippen LogP contribution is -2.02. The molecule has 0 radical (unpaired) electrons. The molecule has 0 amide bonds. The molecule has 0 heterocycles. The molecule has 8 aromatic carbocycles. The van der Waals surface area contributed by atoms with Crippen LogP contribution in [-0.2, 0) is 51.4 Å². The number of hydrogen-bond donors (Lipinski definition) is 8. The Morgan fingerprint density at radius 2 is 0.260 bits per heavy atom. The number of hydrogen-bond acceptors (Lipinski definition) is 8. The van der Waals surface area contributed by atoms with E-state index in [1.807, 2.05) is 152 Å². The topological polar surface area (TPSA) is 162 Å². The standard InChI is InChI=1S/C64H64O8.C5H12/c1-33-9-41-25-43-11-34(2)13-45(58(43)66)27-47-15-36(4)17-49(60(47)68)29-51-19-38(6)21-53(62(51)70)31-55-23-40(8)24-56(64(55)72)32-54-22-39(7)20-52(63(54)71)30-50-18-37(5)16-48(61(50)69)28-46-14-35(3)12-44(59(46)67)26-42(10-33)57(41)65;1-5(2,3)4/h9-24,65-72H,25-32H2,1-8H3;1-4H3. The second-order valence-corrected chi connectivity index (χ2v) is 23.9. The molecule has 8 nitrogen and oxygen atoms in total. The molecule has 0 spiro atoms. The van der Waals surface area contributed by atoms with Gasteiger partial charge in [0.1, 0.15) is 46.0 Å². The normalized spacial score (nSPS) is 12.9. The van der Waals surface area contributed by atoms with Crippen LogP contribution >= 0.6 is 0 Å². The van der Waals surface area contributed by atoms with Gasteiger partial charge in [-0.2, -0.15) is 0 Å². The molecular weight excluding hydrogens is 957 g/mol. The number of phenols is 8. The maximum Gasteiger partial charge on any atom is 0.122 e. The van der Waals surface area contributed by atoms with Gasteiger partial charge in [0.15, 0.2) is 0 Å². The summed E-state index contributed by atoms with van der Waals surface area (Å²) in [5, 5.41) is 95.5. The first-order valence-corrected chi connectivity index (χ1v) is 26.7. The molecule has 0 unspecified atom stereocenters. The second kappa shape index (κ2) is 22.0. The van der Waals surface area contributed by atoms with E-state index < -0.39 is 0 Å². The molecule has 1 aliphatic rings. The molecule has 0 saturated carbocycles. The molecule has 0 aromatic heterocycles. The first-order chi connectivity index (χ1) is 36.2. The monoisotopic (exact) mass is 1030 g/mol. The fraction of sp³-hybridized carbons (Fsp3) is 0.304. The average molecular weight is 1030 g/mol. The van der Waals surface area contributed by atoms with Crippen molar-refractivity contribution < 1.29 is 40.9 Å². The van der Waals surface area contributed by atoms with Crippen LogP contribution in [0.15, 0.2) is 97.1 Å². The van der Waals surface area contributed by atoms with Gasteiger partial charge in [0.2, 0.25) is 0 Å². The number of fused-ring (bicyclic) bond motifs is 16. The van der Waals surface area contributed by atoms with Crippen LogP contribution in [0.25, 0.3) is 0 Å². The van der Waals surface area contributed by atoms with Gasteiger partial charge in [-0.3, -0.25) is 0 Å². The van der Waals surface area contributed by atoms with Gasteiger partial charge in [-0.25, -0.2) is 0 Å². The molecule has 0 aliphatic heterocycles. The molecular formula is C69H76O8. The summed E-state index contributed by atoms with van der Waals surface area (Å²) in [6.45, 7) is 24.4. The Bertz CT molecular complexity index is 2710. The summed E-state index contributed by atoms with van der Waals surface area (Å²) in [6.07, 6.45) is 1.81. The SMILES string of the molecule is CC(C)(C)C.Cc1cc2c(O)c(c1)Cc1cc(C)cc(c1O)Cc1cc(C)cc(c1O)Cc1cc(C)cc(c1O)Cc1cc(C)cc(c1O)Cc1cc(C)cc(c1O)Cc1cc(C)cc(c1O)Cc1cc(C)cc(c1O)C2. The van der Waals surface area contributed by atoms with Crippen LogP contribution in [0.2, 0.25) is 0 Å². The van der Waals surface area contributed by atoms with Crippen molar-refractivity contribution in [3.63, 3.8) is 0 Å². The van der Waals surface area contributed by atoms with Crippen molar-refractivity contribution >= 4 is 0 Å². The van der Waals surface area contributed by atoms with Crippen molar-refractivity contribution in [2.24, 2.45) is 5.41 Å². The Hall–Kier alpha value is -7.84. The third-order valence-corrected chi connectivity index (χ3v) is 14.3. The van der Waals surface area contributed by atoms with Gasteiger partial charge in [0.25, 0.3) is 0 Å². The molecule has 8 aromatic rings.